The van der Waals surface area contributed by atoms with Crippen LogP contribution in [0.3, 0.4) is 0 Å². The van der Waals surface area contributed by atoms with Crippen LogP contribution in [0.4, 0.5) is 0 Å². The minimum absolute atomic E-state index is 0.344. The Balaban J connectivity index is 2.29. The Morgan fingerprint density at radius 3 is 2.33 bits per heavy atom. The molecular weight excluding hydrogens is 220 g/mol. The third-order valence-electron chi connectivity index (χ3n) is 4.90. The molecule has 1 aliphatic carbocycles. The van der Waals surface area contributed by atoms with Crippen molar-refractivity contribution in [1.29, 1.82) is 0 Å². The van der Waals surface area contributed by atoms with Crippen molar-refractivity contribution in [3.63, 3.8) is 0 Å². The minimum Gasteiger partial charge on any atom is -0.385 e. The van der Waals surface area contributed by atoms with Crippen molar-refractivity contribution < 1.29 is 5.11 Å². The maximum absolute atomic E-state index is 11.0. The highest BCUT2D eigenvalue weighted by Crippen LogP contribution is 2.44. The molecule has 0 amide bonds. The summed E-state index contributed by atoms with van der Waals surface area (Å²) in [6.45, 7) is 8.86. The van der Waals surface area contributed by atoms with Gasteiger partial charge in [-0.15, -0.1) is 0 Å². The first-order valence-electron chi connectivity index (χ1n) is 7.28. The Labute approximate surface area is 111 Å². The first-order valence-corrected chi connectivity index (χ1v) is 7.28. The highest BCUT2D eigenvalue weighted by Gasteiger charge is 2.40. The second kappa shape index (κ2) is 5.05. The predicted octanol–water partition coefficient (Wildman–Crippen LogP) is 4.45. The Morgan fingerprint density at radius 2 is 1.78 bits per heavy atom. The van der Waals surface area contributed by atoms with Gasteiger partial charge in [-0.2, -0.15) is 0 Å². The van der Waals surface area contributed by atoms with Gasteiger partial charge in [0.1, 0.15) is 0 Å². The fourth-order valence-electron chi connectivity index (χ4n) is 3.21. The molecular formula is C17H26O. The van der Waals surface area contributed by atoms with E-state index in [4.69, 9.17) is 0 Å². The third kappa shape index (κ3) is 2.33. The summed E-state index contributed by atoms with van der Waals surface area (Å²) in [5.41, 5.74) is 1.83. The second-order valence-corrected chi connectivity index (χ2v) is 6.36. The van der Waals surface area contributed by atoms with Gasteiger partial charge in [0, 0.05) is 0 Å². The zero-order chi connectivity index (χ0) is 13.3. The van der Waals surface area contributed by atoms with Crippen LogP contribution >= 0.6 is 0 Å². The molecule has 100 valence electrons. The minimum atomic E-state index is -0.618. The first kappa shape index (κ1) is 13.6. The Morgan fingerprint density at radius 1 is 1.17 bits per heavy atom. The summed E-state index contributed by atoms with van der Waals surface area (Å²) in [6, 6.07) is 8.60. The van der Waals surface area contributed by atoms with Crippen LogP contribution < -0.4 is 0 Å². The van der Waals surface area contributed by atoms with Gasteiger partial charge in [-0.05, 0) is 41.7 Å². The van der Waals surface area contributed by atoms with Gasteiger partial charge in [0.15, 0.2) is 0 Å². The molecule has 0 aliphatic heterocycles. The number of hydrogen-bond acceptors (Lipinski definition) is 1. The Hall–Kier alpha value is -0.820. The summed E-state index contributed by atoms with van der Waals surface area (Å²) in [5, 5.41) is 11.0. The monoisotopic (exact) mass is 246 g/mol. The number of benzene rings is 1. The SMILES string of the molecule is CC(C)c1ccc(C2(O)CCCC(C)C2C)cc1. The van der Waals surface area contributed by atoms with Crippen molar-refractivity contribution in [2.24, 2.45) is 11.8 Å². The van der Waals surface area contributed by atoms with Gasteiger partial charge in [0.2, 0.25) is 0 Å². The van der Waals surface area contributed by atoms with Gasteiger partial charge < -0.3 is 5.11 Å². The van der Waals surface area contributed by atoms with Crippen LogP contribution in [0, 0.1) is 11.8 Å². The van der Waals surface area contributed by atoms with E-state index < -0.39 is 5.60 Å². The molecule has 1 saturated carbocycles. The molecule has 0 spiro atoms. The van der Waals surface area contributed by atoms with Crippen molar-refractivity contribution in [2.45, 2.75) is 58.5 Å². The molecule has 0 heterocycles. The van der Waals surface area contributed by atoms with Crippen LogP contribution in [-0.2, 0) is 5.60 Å². The van der Waals surface area contributed by atoms with E-state index in [9.17, 15) is 5.11 Å². The number of aliphatic hydroxyl groups is 1. The number of hydrogen-bond donors (Lipinski definition) is 1. The van der Waals surface area contributed by atoms with Crippen molar-refractivity contribution >= 4 is 0 Å². The highest BCUT2D eigenvalue weighted by atomic mass is 16.3. The molecule has 1 nitrogen and oxygen atoms in total. The van der Waals surface area contributed by atoms with E-state index >= 15 is 0 Å². The third-order valence-corrected chi connectivity index (χ3v) is 4.90. The van der Waals surface area contributed by atoms with Crippen LogP contribution in [0.1, 0.15) is 64.0 Å². The standard InChI is InChI=1S/C17H26O/c1-12(2)15-7-9-16(10-8-15)17(18)11-5-6-13(3)14(17)4/h7-10,12-14,18H,5-6,11H2,1-4H3. The average molecular weight is 246 g/mol. The van der Waals surface area contributed by atoms with Crippen LogP contribution in [-0.4, -0.2) is 5.11 Å². The van der Waals surface area contributed by atoms with Crippen LogP contribution in [0.15, 0.2) is 24.3 Å². The summed E-state index contributed by atoms with van der Waals surface area (Å²) >= 11 is 0. The molecule has 3 atom stereocenters. The summed E-state index contributed by atoms with van der Waals surface area (Å²) in [6.07, 6.45) is 3.28. The Kier molecular flexibility index (Phi) is 3.82. The van der Waals surface area contributed by atoms with Crippen LogP contribution in [0.25, 0.3) is 0 Å². The largest absolute Gasteiger partial charge is 0.385 e. The van der Waals surface area contributed by atoms with Crippen LogP contribution in [0.5, 0.6) is 0 Å². The van der Waals surface area contributed by atoms with E-state index in [1.807, 2.05) is 0 Å². The molecule has 1 fully saturated rings. The molecule has 1 N–H and O–H groups in total. The van der Waals surface area contributed by atoms with Gasteiger partial charge >= 0.3 is 0 Å². The maximum atomic E-state index is 11.0. The molecule has 1 aromatic carbocycles. The van der Waals surface area contributed by atoms with E-state index in [1.165, 1.54) is 12.0 Å². The fourth-order valence-corrected chi connectivity index (χ4v) is 3.21. The molecule has 0 radical (unpaired) electrons. The Bertz CT molecular complexity index is 393. The van der Waals surface area contributed by atoms with Crippen molar-refractivity contribution in [3.8, 4) is 0 Å². The van der Waals surface area contributed by atoms with Gasteiger partial charge in [-0.1, -0.05) is 58.4 Å². The molecule has 0 aromatic heterocycles. The lowest BCUT2D eigenvalue weighted by molar-refractivity contribution is -0.0688. The topological polar surface area (TPSA) is 20.2 Å². The zero-order valence-corrected chi connectivity index (χ0v) is 12.1. The zero-order valence-electron chi connectivity index (χ0n) is 12.1. The average Bonchev–Trinajstić information content (AvgIpc) is 2.36. The lowest BCUT2D eigenvalue weighted by Crippen LogP contribution is -2.40. The van der Waals surface area contributed by atoms with Gasteiger partial charge in [0.05, 0.1) is 5.60 Å². The molecule has 1 heteroatoms. The summed E-state index contributed by atoms with van der Waals surface area (Å²) in [7, 11) is 0. The van der Waals surface area contributed by atoms with Crippen molar-refractivity contribution in [3.05, 3.63) is 35.4 Å². The molecule has 18 heavy (non-hydrogen) atoms. The summed E-state index contributed by atoms with van der Waals surface area (Å²) < 4.78 is 0. The fraction of sp³-hybridized carbons (Fsp3) is 0.647. The van der Waals surface area contributed by atoms with E-state index in [0.29, 0.717) is 17.8 Å². The lowest BCUT2D eigenvalue weighted by Gasteiger charge is -2.42. The second-order valence-electron chi connectivity index (χ2n) is 6.36. The summed E-state index contributed by atoms with van der Waals surface area (Å²) in [5.74, 6) is 1.50. The number of rotatable bonds is 2. The van der Waals surface area contributed by atoms with E-state index in [0.717, 1.165) is 18.4 Å². The molecule has 1 aliphatic rings. The summed E-state index contributed by atoms with van der Waals surface area (Å²) in [4.78, 5) is 0. The molecule has 1 aromatic rings. The van der Waals surface area contributed by atoms with Crippen molar-refractivity contribution in [2.75, 3.05) is 0 Å². The first-order chi connectivity index (χ1) is 8.45. The van der Waals surface area contributed by atoms with Crippen LogP contribution in [0.2, 0.25) is 0 Å². The van der Waals surface area contributed by atoms with Gasteiger partial charge in [-0.25, -0.2) is 0 Å². The quantitative estimate of drug-likeness (QED) is 0.817. The molecule has 0 saturated heterocycles. The lowest BCUT2D eigenvalue weighted by atomic mass is 9.67. The van der Waals surface area contributed by atoms with Gasteiger partial charge in [-0.3, -0.25) is 0 Å². The normalized spacial score (nSPS) is 32.8. The van der Waals surface area contributed by atoms with E-state index in [2.05, 4.69) is 52.0 Å². The predicted molar refractivity (Wildman–Crippen MR) is 76.6 cm³/mol. The molecule has 2 rings (SSSR count). The molecule has 0 bridgehead atoms. The van der Waals surface area contributed by atoms with E-state index in [-0.39, 0.29) is 0 Å². The smallest absolute Gasteiger partial charge is 0.0924 e. The molecule has 3 unspecified atom stereocenters. The highest BCUT2D eigenvalue weighted by molar-refractivity contribution is 5.29. The van der Waals surface area contributed by atoms with E-state index in [1.54, 1.807) is 0 Å². The maximum Gasteiger partial charge on any atom is 0.0924 e. The van der Waals surface area contributed by atoms with Crippen molar-refractivity contribution in [1.82, 2.24) is 0 Å². The van der Waals surface area contributed by atoms with Gasteiger partial charge in [0.25, 0.3) is 0 Å².